The fourth-order valence-electron chi connectivity index (χ4n) is 3.16. The molecule has 0 aromatic carbocycles. The zero-order valence-corrected chi connectivity index (χ0v) is 19.9. The molecule has 0 spiro atoms. The van der Waals surface area contributed by atoms with Crippen LogP contribution in [0.4, 0.5) is 0 Å². The fourth-order valence-corrected chi connectivity index (χ4v) is 3.77. The smallest absolute Gasteiger partial charge is 0.283 e. The fraction of sp³-hybridized carbons (Fsp3) is 0.682. The lowest BCUT2D eigenvalue weighted by atomic mass is 10.1. The highest BCUT2D eigenvalue weighted by atomic mass is 32.1. The second-order valence-electron chi connectivity index (χ2n) is 8.21. The highest BCUT2D eigenvalue weighted by molar-refractivity contribution is 7.11. The van der Waals surface area contributed by atoms with Gasteiger partial charge in [-0.3, -0.25) is 9.59 Å². The van der Waals surface area contributed by atoms with Gasteiger partial charge in [-0.1, -0.05) is 26.0 Å². The summed E-state index contributed by atoms with van der Waals surface area (Å²) in [5.74, 6) is 0.00563. The topological polar surface area (TPSA) is 112 Å². The van der Waals surface area contributed by atoms with Gasteiger partial charge in [0, 0.05) is 51.3 Å². The first kappa shape index (κ1) is 26.4. The summed E-state index contributed by atoms with van der Waals surface area (Å²) in [6.45, 7) is 7.14. The van der Waals surface area contributed by atoms with E-state index in [1.165, 1.54) is 23.2 Å². The van der Waals surface area contributed by atoms with Gasteiger partial charge in [0.1, 0.15) is 18.3 Å². The van der Waals surface area contributed by atoms with Crippen molar-refractivity contribution in [3.8, 4) is 0 Å². The maximum Gasteiger partial charge on any atom is 0.283 e. The molecule has 1 aliphatic heterocycles. The Morgan fingerprint density at radius 2 is 2.03 bits per heavy atom. The molecule has 1 aromatic heterocycles. The average molecular weight is 470 g/mol. The first-order chi connectivity index (χ1) is 15.3. The molecule has 2 amide bonds. The van der Waals surface area contributed by atoms with E-state index in [-0.39, 0.29) is 38.1 Å². The van der Waals surface area contributed by atoms with Gasteiger partial charge in [0.2, 0.25) is 5.91 Å². The lowest BCUT2D eigenvalue weighted by Gasteiger charge is -2.33. The van der Waals surface area contributed by atoms with Crippen LogP contribution in [0.5, 0.6) is 0 Å². The Hall–Kier alpha value is -1.85. The SMILES string of the molecule is CC(=O)N1CCN(C(=O)c2nccs2)C/C=C\COC[C@H](O)[C@H](O)[C@@H](OCCC(C)C)C1. The predicted octanol–water partition coefficient (Wildman–Crippen LogP) is 1.17. The number of aromatic nitrogens is 1. The summed E-state index contributed by atoms with van der Waals surface area (Å²) in [7, 11) is 0. The Bertz CT molecular complexity index is 727. The molecular formula is C22H35N3O6S. The van der Waals surface area contributed by atoms with Crippen molar-refractivity contribution in [2.75, 3.05) is 46.0 Å². The molecule has 2 N–H and O–H groups in total. The van der Waals surface area contributed by atoms with Crippen molar-refractivity contribution in [1.82, 2.24) is 14.8 Å². The normalized spacial score (nSPS) is 24.9. The van der Waals surface area contributed by atoms with Crippen molar-refractivity contribution in [3.05, 3.63) is 28.7 Å². The highest BCUT2D eigenvalue weighted by Gasteiger charge is 2.30. The number of thiazole rings is 1. The number of amides is 2. The zero-order valence-electron chi connectivity index (χ0n) is 19.1. The standard InChI is InChI=1S/C22H35N3O6S/c1-16(2)6-12-31-19-14-25(17(3)26)10-9-24(22(29)21-23-7-13-32-21)8-4-5-11-30-15-18(27)20(19)28/h4-5,7,13,16,18-20,27-28H,6,8-12,14-15H2,1-3H3/b5-4-/t18-,19-,20-/m0/s1. The molecule has 2 rings (SSSR count). The van der Waals surface area contributed by atoms with Gasteiger partial charge in [-0.05, 0) is 12.3 Å². The van der Waals surface area contributed by atoms with E-state index in [4.69, 9.17) is 9.47 Å². The number of carbonyl (C=O) groups excluding carboxylic acids is 2. The van der Waals surface area contributed by atoms with E-state index in [2.05, 4.69) is 18.8 Å². The van der Waals surface area contributed by atoms with Crippen molar-refractivity contribution < 1.29 is 29.3 Å². The Morgan fingerprint density at radius 1 is 1.28 bits per heavy atom. The molecule has 3 atom stereocenters. The molecule has 0 fully saturated rings. The molecule has 1 aromatic rings. The maximum atomic E-state index is 12.8. The molecule has 0 unspecified atom stereocenters. The van der Waals surface area contributed by atoms with Gasteiger partial charge in [-0.25, -0.2) is 4.98 Å². The minimum Gasteiger partial charge on any atom is -0.388 e. The van der Waals surface area contributed by atoms with Gasteiger partial charge >= 0.3 is 0 Å². The van der Waals surface area contributed by atoms with E-state index >= 15 is 0 Å². The Balaban J connectivity index is 2.19. The summed E-state index contributed by atoms with van der Waals surface area (Å²) in [5.41, 5.74) is 0. The second-order valence-corrected chi connectivity index (χ2v) is 9.11. The second kappa shape index (κ2) is 13.6. The van der Waals surface area contributed by atoms with E-state index < -0.39 is 18.3 Å². The van der Waals surface area contributed by atoms with E-state index in [1.807, 2.05) is 0 Å². The molecule has 32 heavy (non-hydrogen) atoms. The van der Waals surface area contributed by atoms with E-state index in [0.717, 1.165) is 6.42 Å². The summed E-state index contributed by atoms with van der Waals surface area (Å²) < 4.78 is 11.3. The number of ether oxygens (including phenoxy) is 2. The molecule has 2 heterocycles. The largest absolute Gasteiger partial charge is 0.388 e. The van der Waals surface area contributed by atoms with Crippen LogP contribution in [0, 0.1) is 5.92 Å². The highest BCUT2D eigenvalue weighted by Crippen LogP contribution is 2.13. The third-order valence-corrected chi connectivity index (χ3v) is 5.95. The van der Waals surface area contributed by atoms with Crippen LogP contribution in [0.3, 0.4) is 0 Å². The van der Waals surface area contributed by atoms with E-state index in [9.17, 15) is 19.8 Å². The Kier molecular flexibility index (Phi) is 11.3. The van der Waals surface area contributed by atoms with E-state index in [0.29, 0.717) is 30.6 Å². The average Bonchev–Trinajstić information content (AvgIpc) is 3.28. The monoisotopic (exact) mass is 469 g/mol. The minimum absolute atomic E-state index is 0.0720. The van der Waals surface area contributed by atoms with Gasteiger partial charge in [0.05, 0.1) is 13.2 Å². The number of hydrogen-bond acceptors (Lipinski definition) is 8. The number of rotatable bonds is 5. The van der Waals surface area contributed by atoms with Crippen LogP contribution in [-0.4, -0.2) is 101 Å². The zero-order chi connectivity index (χ0) is 23.5. The summed E-state index contributed by atoms with van der Waals surface area (Å²) >= 11 is 1.27. The van der Waals surface area contributed by atoms with Crippen LogP contribution < -0.4 is 0 Å². The van der Waals surface area contributed by atoms with Crippen molar-refractivity contribution in [2.24, 2.45) is 5.92 Å². The predicted molar refractivity (Wildman–Crippen MR) is 121 cm³/mol. The van der Waals surface area contributed by atoms with E-state index in [1.54, 1.807) is 28.6 Å². The third-order valence-electron chi connectivity index (χ3n) is 5.19. The van der Waals surface area contributed by atoms with Gasteiger partial charge in [-0.2, -0.15) is 0 Å². The minimum atomic E-state index is -1.22. The molecule has 0 saturated heterocycles. The first-order valence-electron chi connectivity index (χ1n) is 10.9. The van der Waals surface area contributed by atoms with Gasteiger partial charge in [0.25, 0.3) is 5.91 Å². The van der Waals surface area contributed by atoms with Crippen LogP contribution in [0.1, 0.15) is 37.0 Å². The molecule has 0 aliphatic carbocycles. The maximum absolute atomic E-state index is 12.8. The quantitative estimate of drug-likeness (QED) is 0.623. The number of carbonyl (C=O) groups is 2. The molecule has 10 heteroatoms. The number of aliphatic hydroxyl groups excluding tert-OH is 2. The van der Waals surface area contributed by atoms with Crippen LogP contribution >= 0.6 is 11.3 Å². The van der Waals surface area contributed by atoms with Crippen LogP contribution in [0.15, 0.2) is 23.7 Å². The van der Waals surface area contributed by atoms with Crippen molar-refractivity contribution in [2.45, 2.75) is 45.5 Å². The van der Waals surface area contributed by atoms with Gasteiger partial charge < -0.3 is 29.5 Å². The Morgan fingerprint density at radius 3 is 2.69 bits per heavy atom. The molecular weight excluding hydrogens is 434 g/mol. The van der Waals surface area contributed by atoms with Crippen molar-refractivity contribution >= 4 is 23.2 Å². The molecule has 1 aliphatic rings. The van der Waals surface area contributed by atoms with Crippen LogP contribution in [-0.2, 0) is 14.3 Å². The summed E-state index contributed by atoms with van der Waals surface area (Å²) in [6, 6.07) is 0. The van der Waals surface area contributed by atoms with Gasteiger partial charge in [-0.15, -0.1) is 11.3 Å². The molecule has 0 radical (unpaired) electrons. The number of nitrogens with zero attached hydrogens (tertiary/aromatic N) is 3. The van der Waals surface area contributed by atoms with Crippen LogP contribution in [0.25, 0.3) is 0 Å². The molecule has 0 saturated carbocycles. The number of hydrogen-bond donors (Lipinski definition) is 2. The number of aliphatic hydroxyl groups is 2. The summed E-state index contributed by atoms with van der Waals surface area (Å²) in [6.07, 6.45) is 2.78. The lowest BCUT2D eigenvalue weighted by Crippen LogP contribution is -2.50. The third kappa shape index (κ3) is 8.59. The summed E-state index contributed by atoms with van der Waals surface area (Å²) in [4.78, 5) is 32.4. The molecule has 9 nitrogen and oxygen atoms in total. The van der Waals surface area contributed by atoms with Crippen molar-refractivity contribution in [1.29, 1.82) is 0 Å². The van der Waals surface area contributed by atoms with Crippen LogP contribution in [0.2, 0.25) is 0 Å². The molecule has 180 valence electrons. The van der Waals surface area contributed by atoms with Gasteiger partial charge in [0.15, 0.2) is 5.01 Å². The summed E-state index contributed by atoms with van der Waals surface area (Å²) in [5, 5.41) is 23.2. The van der Waals surface area contributed by atoms with Crippen molar-refractivity contribution in [3.63, 3.8) is 0 Å². The lowest BCUT2D eigenvalue weighted by molar-refractivity contribution is -0.139. The first-order valence-corrected chi connectivity index (χ1v) is 11.8. The Labute approximate surface area is 193 Å². The molecule has 0 bridgehead atoms.